The molecule has 0 aliphatic carbocycles. The number of amides is 2. The molecular formula is C23H28FN3O4. The number of nitrogens with one attached hydrogen (secondary N) is 2. The van der Waals surface area contributed by atoms with E-state index in [-0.39, 0.29) is 17.6 Å². The summed E-state index contributed by atoms with van der Waals surface area (Å²) in [6.45, 7) is 8.00. The van der Waals surface area contributed by atoms with Gasteiger partial charge in [0.05, 0.1) is 23.9 Å². The van der Waals surface area contributed by atoms with Gasteiger partial charge in [-0.2, -0.15) is 0 Å². The summed E-state index contributed by atoms with van der Waals surface area (Å²) in [4.78, 5) is 38.4. The van der Waals surface area contributed by atoms with Gasteiger partial charge in [-0.3, -0.25) is 14.4 Å². The van der Waals surface area contributed by atoms with E-state index >= 15 is 0 Å². The summed E-state index contributed by atoms with van der Waals surface area (Å²) in [5, 5.41) is 5.49. The standard InChI is InChI=1S/C23H28FN3O4/c1-12-8-17(11-31-10-12)26-23(30)21(28)20-14(3)19(15(4)27(20)5)22(29)25-16-6-7-18(24)13(2)9-16/h6-7,9,12,17H,8,10-11H2,1-5H3,(H,25,29)(H,26,30). The van der Waals surface area contributed by atoms with Crippen LogP contribution in [-0.2, 0) is 16.6 Å². The number of ether oxygens (including phenoxy) is 1. The second kappa shape index (κ2) is 9.01. The average Bonchev–Trinajstić information content (AvgIpc) is 2.92. The van der Waals surface area contributed by atoms with Crippen molar-refractivity contribution in [2.24, 2.45) is 13.0 Å². The minimum absolute atomic E-state index is 0.167. The molecule has 2 N–H and O–H groups in total. The third kappa shape index (κ3) is 4.69. The monoisotopic (exact) mass is 429 g/mol. The summed E-state index contributed by atoms with van der Waals surface area (Å²) in [7, 11) is 1.65. The van der Waals surface area contributed by atoms with Crippen LogP contribution in [0.5, 0.6) is 0 Å². The first-order valence-corrected chi connectivity index (χ1v) is 10.3. The van der Waals surface area contributed by atoms with Crippen LogP contribution in [0, 0.1) is 32.5 Å². The third-order valence-corrected chi connectivity index (χ3v) is 5.74. The molecule has 2 amide bonds. The van der Waals surface area contributed by atoms with E-state index in [1.165, 1.54) is 18.2 Å². The Balaban J connectivity index is 1.81. The molecule has 0 bridgehead atoms. The lowest BCUT2D eigenvalue weighted by molar-refractivity contribution is -0.118. The SMILES string of the molecule is Cc1cc(NC(=O)c2c(C)c(C(=O)C(=O)NC3COCC(C)C3)n(C)c2C)ccc1F. The number of carbonyl (C=O) groups is 3. The van der Waals surface area contributed by atoms with Crippen molar-refractivity contribution in [1.82, 2.24) is 9.88 Å². The van der Waals surface area contributed by atoms with Gasteiger partial charge in [0.2, 0.25) is 0 Å². The van der Waals surface area contributed by atoms with Gasteiger partial charge < -0.3 is 19.9 Å². The van der Waals surface area contributed by atoms with Crippen molar-refractivity contribution in [3.05, 3.63) is 52.1 Å². The highest BCUT2D eigenvalue weighted by Crippen LogP contribution is 2.24. The van der Waals surface area contributed by atoms with Gasteiger partial charge in [0.1, 0.15) is 5.82 Å². The van der Waals surface area contributed by atoms with E-state index in [0.29, 0.717) is 47.2 Å². The first-order valence-electron chi connectivity index (χ1n) is 10.3. The van der Waals surface area contributed by atoms with Crippen LogP contribution in [0.25, 0.3) is 0 Å². The number of rotatable bonds is 5. The molecule has 2 atom stereocenters. The van der Waals surface area contributed by atoms with E-state index in [2.05, 4.69) is 10.6 Å². The fourth-order valence-electron chi connectivity index (χ4n) is 4.04. The van der Waals surface area contributed by atoms with Crippen molar-refractivity contribution in [1.29, 1.82) is 0 Å². The molecule has 1 saturated heterocycles. The number of anilines is 1. The molecule has 31 heavy (non-hydrogen) atoms. The van der Waals surface area contributed by atoms with Gasteiger partial charge in [-0.25, -0.2) is 4.39 Å². The van der Waals surface area contributed by atoms with Crippen molar-refractivity contribution in [2.45, 2.75) is 40.2 Å². The second-order valence-electron chi connectivity index (χ2n) is 8.29. The summed E-state index contributed by atoms with van der Waals surface area (Å²) in [6.07, 6.45) is 0.745. The van der Waals surface area contributed by atoms with Crippen LogP contribution in [0.15, 0.2) is 18.2 Å². The molecule has 8 heteroatoms. The second-order valence-corrected chi connectivity index (χ2v) is 8.29. The molecule has 1 aliphatic rings. The summed E-state index contributed by atoms with van der Waals surface area (Å²) >= 11 is 0. The number of hydrogen-bond donors (Lipinski definition) is 2. The van der Waals surface area contributed by atoms with E-state index in [0.717, 1.165) is 6.42 Å². The molecule has 3 rings (SSSR count). The minimum Gasteiger partial charge on any atom is -0.379 e. The van der Waals surface area contributed by atoms with Crippen molar-refractivity contribution in [2.75, 3.05) is 18.5 Å². The minimum atomic E-state index is -0.715. The molecular weight excluding hydrogens is 401 g/mol. The lowest BCUT2D eigenvalue weighted by Crippen LogP contribution is -2.45. The first kappa shape index (κ1) is 22.7. The molecule has 1 aliphatic heterocycles. The van der Waals surface area contributed by atoms with E-state index in [9.17, 15) is 18.8 Å². The fraction of sp³-hybridized carbons (Fsp3) is 0.435. The van der Waals surface area contributed by atoms with Crippen LogP contribution in [0.1, 0.15) is 51.0 Å². The van der Waals surface area contributed by atoms with E-state index in [1.54, 1.807) is 32.4 Å². The Kier molecular flexibility index (Phi) is 6.59. The van der Waals surface area contributed by atoms with Crippen molar-refractivity contribution >= 4 is 23.3 Å². The molecule has 1 aromatic heterocycles. The summed E-state index contributed by atoms with van der Waals surface area (Å²) in [5.74, 6) is -1.89. The van der Waals surface area contributed by atoms with E-state index in [4.69, 9.17) is 4.74 Å². The van der Waals surface area contributed by atoms with E-state index < -0.39 is 17.6 Å². The lowest BCUT2D eigenvalue weighted by atomic mass is 10.00. The van der Waals surface area contributed by atoms with Crippen LogP contribution in [-0.4, -0.2) is 41.4 Å². The predicted octanol–water partition coefficient (Wildman–Crippen LogP) is 3.07. The zero-order valence-corrected chi connectivity index (χ0v) is 18.5. The number of nitrogens with zero attached hydrogens (tertiary/aromatic N) is 1. The number of benzene rings is 1. The van der Waals surface area contributed by atoms with Gasteiger partial charge in [-0.05, 0) is 62.4 Å². The quantitative estimate of drug-likeness (QED) is 0.565. The number of carbonyl (C=O) groups excluding carboxylic acids is 3. The zero-order valence-electron chi connectivity index (χ0n) is 18.5. The highest BCUT2D eigenvalue weighted by atomic mass is 19.1. The Morgan fingerprint density at radius 1 is 1.16 bits per heavy atom. The van der Waals surface area contributed by atoms with Gasteiger partial charge in [-0.1, -0.05) is 6.92 Å². The summed E-state index contributed by atoms with van der Waals surface area (Å²) < 4.78 is 20.5. The fourth-order valence-corrected chi connectivity index (χ4v) is 4.04. The maximum atomic E-state index is 13.5. The number of Topliss-reactive ketones (excluding diaryl/α,β-unsaturated/α-hetero) is 1. The smallest absolute Gasteiger partial charge is 0.294 e. The molecule has 7 nitrogen and oxygen atoms in total. The Morgan fingerprint density at radius 2 is 1.87 bits per heavy atom. The molecule has 166 valence electrons. The predicted molar refractivity (Wildman–Crippen MR) is 115 cm³/mol. The maximum absolute atomic E-state index is 13.5. The van der Waals surface area contributed by atoms with Gasteiger partial charge >= 0.3 is 0 Å². The van der Waals surface area contributed by atoms with Gasteiger partial charge in [0, 0.05) is 25.0 Å². The summed E-state index contributed by atoms with van der Waals surface area (Å²) in [6, 6.07) is 4.07. The Hall–Kier alpha value is -3.00. The Morgan fingerprint density at radius 3 is 2.52 bits per heavy atom. The van der Waals surface area contributed by atoms with E-state index in [1.807, 2.05) is 6.92 Å². The van der Waals surface area contributed by atoms with Crippen LogP contribution in [0.4, 0.5) is 10.1 Å². The number of hydrogen-bond acceptors (Lipinski definition) is 4. The third-order valence-electron chi connectivity index (χ3n) is 5.74. The molecule has 2 heterocycles. The number of aromatic nitrogens is 1. The Labute approximate surface area is 181 Å². The van der Waals surface area contributed by atoms with Gasteiger partial charge in [-0.15, -0.1) is 0 Å². The van der Waals surface area contributed by atoms with Crippen LogP contribution in [0.3, 0.4) is 0 Å². The largest absolute Gasteiger partial charge is 0.379 e. The number of ketones is 1. The zero-order chi connectivity index (χ0) is 22.9. The molecule has 1 aromatic carbocycles. The first-order chi connectivity index (χ1) is 14.6. The van der Waals surface area contributed by atoms with Gasteiger partial charge in [0.15, 0.2) is 0 Å². The molecule has 0 radical (unpaired) electrons. The lowest BCUT2D eigenvalue weighted by Gasteiger charge is -2.27. The number of halogens is 1. The molecule has 2 aromatic rings. The van der Waals surface area contributed by atoms with Crippen molar-refractivity contribution < 1.29 is 23.5 Å². The molecule has 2 unspecified atom stereocenters. The maximum Gasteiger partial charge on any atom is 0.294 e. The van der Waals surface area contributed by atoms with Crippen LogP contribution < -0.4 is 10.6 Å². The van der Waals surface area contributed by atoms with Crippen molar-refractivity contribution in [3.63, 3.8) is 0 Å². The topological polar surface area (TPSA) is 89.4 Å². The van der Waals surface area contributed by atoms with Crippen LogP contribution >= 0.6 is 0 Å². The highest BCUT2D eigenvalue weighted by molar-refractivity contribution is 6.43. The molecule has 1 fully saturated rings. The molecule has 0 spiro atoms. The van der Waals surface area contributed by atoms with Crippen LogP contribution in [0.2, 0.25) is 0 Å². The highest BCUT2D eigenvalue weighted by Gasteiger charge is 2.30. The van der Waals surface area contributed by atoms with Crippen molar-refractivity contribution in [3.8, 4) is 0 Å². The normalized spacial score (nSPS) is 18.5. The Bertz CT molecular complexity index is 1040. The molecule has 0 saturated carbocycles. The number of aryl methyl sites for hydroxylation is 1. The van der Waals surface area contributed by atoms with Gasteiger partial charge in [0.25, 0.3) is 17.6 Å². The average molecular weight is 429 g/mol. The summed E-state index contributed by atoms with van der Waals surface area (Å²) in [5.41, 5.74) is 2.32.